The van der Waals surface area contributed by atoms with E-state index in [0.29, 0.717) is 4.21 Å². The van der Waals surface area contributed by atoms with Gasteiger partial charge < -0.3 is 5.73 Å². The number of anilines is 1. The number of nitrogens with two attached hydrogens (primary N) is 1. The predicted octanol–water partition coefficient (Wildman–Crippen LogP) is 2.60. The Hall–Kier alpha value is -1.37. The quantitative estimate of drug-likeness (QED) is 0.856. The van der Waals surface area contributed by atoms with Gasteiger partial charge in [0, 0.05) is 16.6 Å². The molecule has 0 saturated carbocycles. The van der Waals surface area contributed by atoms with Gasteiger partial charge in [0.25, 0.3) is 10.0 Å². The maximum Gasteiger partial charge on any atom is 0.250 e. The normalized spacial score (nSPS) is 18.1. The summed E-state index contributed by atoms with van der Waals surface area (Å²) in [5, 5.41) is 0. The maximum atomic E-state index is 12.4. The molecule has 0 radical (unpaired) electrons. The standard InChI is InChI=1S/C14H16N2O2S2/c1-9-2-7-14(19-9)20(17,18)16-13-6-3-10-8-11(15)4-5-12(10)13/h2,4-5,7-8,13,16H,3,6,15H2,1H3. The second-order valence-corrected chi connectivity index (χ2v) is 8.26. The summed E-state index contributed by atoms with van der Waals surface area (Å²) in [6, 6.07) is 8.99. The van der Waals surface area contributed by atoms with E-state index in [-0.39, 0.29) is 6.04 Å². The van der Waals surface area contributed by atoms with Crippen LogP contribution in [0.1, 0.15) is 28.5 Å². The molecule has 1 atom stereocenters. The van der Waals surface area contributed by atoms with E-state index in [9.17, 15) is 8.42 Å². The molecule has 3 rings (SSSR count). The zero-order chi connectivity index (χ0) is 14.3. The molecule has 20 heavy (non-hydrogen) atoms. The number of aryl methyl sites for hydroxylation is 2. The lowest BCUT2D eigenvalue weighted by Gasteiger charge is -2.13. The van der Waals surface area contributed by atoms with Crippen molar-refractivity contribution >= 4 is 27.0 Å². The molecular formula is C14H16N2O2S2. The molecule has 0 fully saturated rings. The highest BCUT2D eigenvalue weighted by Crippen LogP contribution is 2.34. The zero-order valence-electron chi connectivity index (χ0n) is 11.1. The molecule has 0 bridgehead atoms. The fourth-order valence-electron chi connectivity index (χ4n) is 2.56. The van der Waals surface area contributed by atoms with Gasteiger partial charge in [-0.15, -0.1) is 11.3 Å². The van der Waals surface area contributed by atoms with E-state index in [1.807, 2.05) is 31.2 Å². The number of hydrogen-bond acceptors (Lipinski definition) is 4. The Morgan fingerprint density at radius 1 is 1.30 bits per heavy atom. The first-order chi connectivity index (χ1) is 9.45. The van der Waals surface area contributed by atoms with Crippen LogP contribution >= 0.6 is 11.3 Å². The molecule has 1 aromatic heterocycles. The molecule has 1 heterocycles. The van der Waals surface area contributed by atoms with E-state index in [0.717, 1.165) is 34.5 Å². The number of nitrogen functional groups attached to an aromatic ring is 1. The number of rotatable bonds is 3. The Bertz CT molecular complexity index is 750. The van der Waals surface area contributed by atoms with Crippen molar-refractivity contribution in [3.05, 3.63) is 46.3 Å². The number of sulfonamides is 1. The van der Waals surface area contributed by atoms with Crippen LogP contribution in [-0.2, 0) is 16.4 Å². The minimum atomic E-state index is -3.44. The van der Waals surface area contributed by atoms with Crippen LogP contribution in [0.3, 0.4) is 0 Å². The Morgan fingerprint density at radius 2 is 2.10 bits per heavy atom. The van der Waals surface area contributed by atoms with E-state index in [1.165, 1.54) is 11.3 Å². The molecular weight excluding hydrogens is 292 g/mol. The molecule has 106 valence electrons. The minimum Gasteiger partial charge on any atom is -0.399 e. The molecule has 1 unspecified atom stereocenters. The van der Waals surface area contributed by atoms with E-state index in [2.05, 4.69) is 4.72 Å². The van der Waals surface area contributed by atoms with Crippen molar-refractivity contribution in [2.24, 2.45) is 0 Å². The second-order valence-electron chi connectivity index (χ2n) is 5.04. The highest BCUT2D eigenvalue weighted by atomic mass is 32.2. The van der Waals surface area contributed by atoms with Crippen LogP contribution in [0.25, 0.3) is 0 Å². The van der Waals surface area contributed by atoms with Crippen LogP contribution in [-0.4, -0.2) is 8.42 Å². The number of fused-ring (bicyclic) bond motifs is 1. The number of nitrogens with one attached hydrogen (secondary N) is 1. The molecule has 1 aromatic carbocycles. The molecule has 1 aliphatic carbocycles. The first-order valence-corrected chi connectivity index (χ1v) is 8.73. The minimum absolute atomic E-state index is 0.155. The van der Waals surface area contributed by atoms with E-state index < -0.39 is 10.0 Å². The Kier molecular flexibility index (Phi) is 3.32. The van der Waals surface area contributed by atoms with Crippen molar-refractivity contribution in [1.29, 1.82) is 0 Å². The van der Waals surface area contributed by atoms with E-state index >= 15 is 0 Å². The topological polar surface area (TPSA) is 72.2 Å². The van der Waals surface area contributed by atoms with Crippen LogP contribution in [0, 0.1) is 6.92 Å². The third-order valence-electron chi connectivity index (χ3n) is 3.52. The van der Waals surface area contributed by atoms with Crippen LogP contribution < -0.4 is 10.5 Å². The molecule has 0 amide bonds. The monoisotopic (exact) mass is 308 g/mol. The Morgan fingerprint density at radius 3 is 2.80 bits per heavy atom. The average molecular weight is 308 g/mol. The molecule has 0 spiro atoms. The van der Waals surface area contributed by atoms with Gasteiger partial charge in [-0.05, 0) is 55.2 Å². The summed E-state index contributed by atoms with van der Waals surface area (Å²) in [5.74, 6) is 0. The summed E-state index contributed by atoms with van der Waals surface area (Å²) in [7, 11) is -3.44. The molecule has 3 N–H and O–H groups in total. The second kappa shape index (κ2) is 4.87. The number of benzene rings is 1. The fraction of sp³-hybridized carbons (Fsp3) is 0.286. The molecule has 6 heteroatoms. The van der Waals surface area contributed by atoms with Crippen LogP contribution in [0.5, 0.6) is 0 Å². The summed E-state index contributed by atoms with van der Waals surface area (Å²) in [4.78, 5) is 0.991. The van der Waals surface area contributed by atoms with Crippen molar-refractivity contribution in [2.75, 3.05) is 5.73 Å². The lowest BCUT2D eigenvalue weighted by atomic mass is 10.1. The van der Waals surface area contributed by atoms with Crippen molar-refractivity contribution in [3.8, 4) is 0 Å². The summed E-state index contributed by atoms with van der Waals surface area (Å²) in [6.45, 7) is 1.90. The van der Waals surface area contributed by atoms with Gasteiger partial charge >= 0.3 is 0 Å². The van der Waals surface area contributed by atoms with Gasteiger partial charge in [-0.25, -0.2) is 13.1 Å². The van der Waals surface area contributed by atoms with Crippen molar-refractivity contribution < 1.29 is 8.42 Å². The van der Waals surface area contributed by atoms with Gasteiger partial charge in [-0.3, -0.25) is 0 Å². The third kappa shape index (κ3) is 2.46. The van der Waals surface area contributed by atoms with Gasteiger partial charge in [0.05, 0.1) is 0 Å². The summed E-state index contributed by atoms with van der Waals surface area (Å²) >= 11 is 1.29. The summed E-state index contributed by atoms with van der Waals surface area (Å²) < 4.78 is 27.9. The van der Waals surface area contributed by atoms with E-state index in [1.54, 1.807) is 6.07 Å². The summed E-state index contributed by atoms with van der Waals surface area (Å²) in [5.41, 5.74) is 8.66. The largest absolute Gasteiger partial charge is 0.399 e. The number of thiophene rings is 1. The number of hydrogen-bond donors (Lipinski definition) is 2. The zero-order valence-corrected chi connectivity index (χ0v) is 12.7. The Balaban J connectivity index is 1.87. The predicted molar refractivity (Wildman–Crippen MR) is 81.3 cm³/mol. The lowest BCUT2D eigenvalue weighted by Crippen LogP contribution is -2.26. The molecule has 2 aromatic rings. The molecule has 0 aliphatic heterocycles. The van der Waals surface area contributed by atoms with Crippen LogP contribution in [0.15, 0.2) is 34.5 Å². The lowest BCUT2D eigenvalue weighted by molar-refractivity contribution is 0.556. The molecule has 1 aliphatic rings. The van der Waals surface area contributed by atoms with Crippen molar-refractivity contribution in [3.63, 3.8) is 0 Å². The third-order valence-corrected chi connectivity index (χ3v) is 6.49. The van der Waals surface area contributed by atoms with Crippen LogP contribution in [0.2, 0.25) is 0 Å². The Labute approximate surface area is 122 Å². The van der Waals surface area contributed by atoms with Gasteiger partial charge in [0.1, 0.15) is 4.21 Å². The van der Waals surface area contributed by atoms with Gasteiger partial charge in [0.2, 0.25) is 0 Å². The van der Waals surface area contributed by atoms with Crippen LogP contribution in [0.4, 0.5) is 5.69 Å². The van der Waals surface area contributed by atoms with Gasteiger partial charge in [-0.1, -0.05) is 6.07 Å². The highest BCUT2D eigenvalue weighted by Gasteiger charge is 2.28. The van der Waals surface area contributed by atoms with Gasteiger partial charge in [-0.2, -0.15) is 0 Å². The summed E-state index contributed by atoms with van der Waals surface area (Å²) in [6.07, 6.45) is 1.64. The molecule has 0 saturated heterocycles. The SMILES string of the molecule is Cc1ccc(S(=O)(=O)NC2CCc3cc(N)ccc32)s1. The van der Waals surface area contributed by atoms with Gasteiger partial charge in [0.15, 0.2) is 0 Å². The molecule has 4 nitrogen and oxygen atoms in total. The first-order valence-electron chi connectivity index (χ1n) is 6.43. The average Bonchev–Trinajstić information content (AvgIpc) is 2.96. The fourth-order valence-corrected chi connectivity index (χ4v) is 5.11. The van der Waals surface area contributed by atoms with Crippen molar-refractivity contribution in [2.45, 2.75) is 30.0 Å². The van der Waals surface area contributed by atoms with E-state index in [4.69, 9.17) is 5.73 Å². The van der Waals surface area contributed by atoms with Crippen molar-refractivity contribution in [1.82, 2.24) is 4.72 Å². The smallest absolute Gasteiger partial charge is 0.250 e. The highest BCUT2D eigenvalue weighted by molar-refractivity contribution is 7.91. The first kappa shape index (κ1) is 13.6. The maximum absolute atomic E-state index is 12.4.